The van der Waals surface area contributed by atoms with Crippen molar-refractivity contribution < 1.29 is 4.79 Å². The lowest BCUT2D eigenvalue weighted by Gasteiger charge is -2.33. The standard InChI is InChI=1S/C17H26ClN5OS/c1-13-3-5-23(6-4-13)16(24)12-25-17-19-14(18)11-15(20-17)22-9-7-21(2)8-10-22/h11,13H,3-10,12H2,1-2H3. The number of thioether (sulfide) groups is 1. The molecule has 2 aliphatic heterocycles. The molecule has 3 heterocycles. The SMILES string of the molecule is CC1CCN(C(=O)CSc2nc(Cl)cc(N3CCN(C)CC3)n2)CC1. The van der Waals surface area contributed by atoms with E-state index in [2.05, 4.69) is 33.7 Å². The van der Waals surface area contributed by atoms with Gasteiger partial charge < -0.3 is 14.7 Å². The first kappa shape index (κ1) is 18.7. The largest absolute Gasteiger partial charge is 0.354 e. The quantitative estimate of drug-likeness (QED) is 0.451. The summed E-state index contributed by atoms with van der Waals surface area (Å²) in [5, 5.41) is 1.02. The van der Waals surface area contributed by atoms with E-state index in [1.165, 1.54) is 11.8 Å². The minimum absolute atomic E-state index is 0.168. The number of hydrogen-bond acceptors (Lipinski definition) is 6. The maximum atomic E-state index is 12.4. The van der Waals surface area contributed by atoms with Gasteiger partial charge in [-0.05, 0) is 25.8 Å². The fourth-order valence-corrected chi connectivity index (χ4v) is 4.11. The van der Waals surface area contributed by atoms with E-state index in [9.17, 15) is 4.79 Å². The van der Waals surface area contributed by atoms with Gasteiger partial charge >= 0.3 is 0 Å². The first-order valence-corrected chi connectivity index (χ1v) is 10.3. The molecule has 0 N–H and O–H groups in total. The summed E-state index contributed by atoms with van der Waals surface area (Å²) < 4.78 is 0. The third-order valence-corrected chi connectivity index (χ3v) is 5.97. The van der Waals surface area contributed by atoms with Crippen molar-refractivity contribution >= 4 is 35.1 Å². The number of piperidine rings is 1. The van der Waals surface area contributed by atoms with Gasteiger partial charge in [-0.2, -0.15) is 0 Å². The summed E-state index contributed by atoms with van der Waals surface area (Å²) >= 11 is 7.56. The van der Waals surface area contributed by atoms with Crippen LogP contribution >= 0.6 is 23.4 Å². The van der Waals surface area contributed by atoms with E-state index in [4.69, 9.17) is 11.6 Å². The second kappa shape index (κ2) is 8.56. The Morgan fingerprint density at radius 1 is 1.20 bits per heavy atom. The molecule has 1 amide bonds. The van der Waals surface area contributed by atoms with Crippen molar-refractivity contribution in [1.29, 1.82) is 0 Å². The predicted molar refractivity (Wildman–Crippen MR) is 102 cm³/mol. The number of likely N-dealkylation sites (N-methyl/N-ethyl adjacent to an activating group) is 1. The molecule has 2 aliphatic rings. The molecule has 25 heavy (non-hydrogen) atoms. The number of anilines is 1. The van der Waals surface area contributed by atoms with E-state index >= 15 is 0 Å². The van der Waals surface area contributed by atoms with Gasteiger partial charge in [0, 0.05) is 45.3 Å². The van der Waals surface area contributed by atoms with Crippen LogP contribution in [0.1, 0.15) is 19.8 Å². The molecular weight excluding hydrogens is 358 g/mol. The van der Waals surface area contributed by atoms with E-state index in [0.29, 0.717) is 16.1 Å². The van der Waals surface area contributed by atoms with Gasteiger partial charge in [0.1, 0.15) is 11.0 Å². The second-order valence-electron chi connectivity index (χ2n) is 6.97. The number of carbonyl (C=O) groups excluding carboxylic acids is 1. The van der Waals surface area contributed by atoms with Crippen molar-refractivity contribution in [3.05, 3.63) is 11.2 Å². The monoisotopic (exact) mass is 383 g/mol. The molecule has 2 saturated heterocycles. The average Bonchev–Trinajstić information content (AvgIpc) is 2.60. The maximum Gasteiger partial charge on any atom is 0.233 e. The van der Waals surface area contributed by atoms with Gasteiger partial charge in [0.2, 0.25) is 5.91 Å². The van der Waals surface area contributed by atoms with E-state index in [1.807, 2.05) is 11.0 Å². The molecule has 0 saturated carbocycles. The zero-order valence-corrected chi connectivity index (χ0v) is 16.5. The van der Waals surface area contributed by atoms with Crippen LogP contribution in [-0.2, 0) is 4.79 Å². The summed E-state index contributed by atoms with van der Waals surface area (Å²) in [5.41, 5.74) is 0. The Balaban J connectivity index is 1.58. The number of piperazine rings is 1. The Hall–Kier alpha value is -1.05. The van der Waals surface area contributed by atoms with Gasteiger partial charge in [-0.1, -0.05) is 30.3 Å². The lowest BCUT2D eigenvalue weighted by atomic mass is 9.99. The van der Waals surface area contributed by atoms with E-state index in [1.54, 1.807) is 0 Å². The number of halogens is 1. The third-order valence-electron chi connectivity index (χ3n) is 4.95. The number of amides is 1. The van der Waals surface area contributed by atoms with Gasteiger partial charge in [0.15, 0.2) is 5.16 Å². The highest BCUT2D eigenvalue weighted by Gasteiger charge is 2.21. The van der Waals surface area contributed by atoms with Crippen molar-refractivity contribution in [2.45, 2.75) is 24.9 Å². The lowest BCUT2D eigenvalue weighted by Crippen LogP contribution is -2.44. The van der Waals surface area contributed by atoms with Gasteiger partial charge in [-0.15, -0.1) is 0 Å². The van der Waals surface area contributed by atoms with Crippen LogP contribution in [0.3, 0.4) is 0 Å². The van der Waals surface area contributed by atoms with Crippen LogP contribution in [0.15, 0.2) is 11.2 Å². The van der Waals surface area contributed by atoms with Crippen molar-refractivity contribution in [3.8, 4) is 0 Å². The summed E-state index contributed by atoms with van der Waals surface area (Å²) in [6, 6.07) is 1.81. The number of carbonyl (C=O) groups is 1. The molecule has 3 rings (SSSR count). The van der Waals surface area contributed by atoms with Gasteiger partial charge in [-0.25, -0.2) is 9.97 Å². The average molecular weight is 384 g/mol. The van der Waals surface area contributed by atoms with Crippen LogP contribution in [0, 0.1) is 5.92 Å². The number of nitrogens with zero attached hydrogens (tertiary/aromatic N) is 5. The Morgan fingerprint density at radius 3 is 2.56 bits per heavy atom. The Bertz CT molecular complexity index is 601. The number of aromatic nitrogens is 2. The summed E-state index contributed by atoms with van der Waals surface area (Å²) in [4.78, 5) is 27.8. The summed E-state index contributed by atoms with van der Waals surface area (Å²) in [6.07, 6.45) is 2.19. The van der Waals surface area contributed by atoms with E-state index in [-0.39, 0.29) is 5.91 Å². The third kappa shape index (κ3) is 5.21. The van der Waals surface area contributed by atoms with Gasteiger partial charge in [-0.3, -0.25) is 4.79 Å². The maximum absolute atomic E-state index is 12.4. The molecule has 0 atom stereocenters. The van der Waals surface area contributed by atoms with E-state index < -0.39 is 0 Å². The molecule has 0 bridgehead atoms. The molecule has 0 aromatic carbocycles. The summed E-state index contributed by atoms with van der Waals surface area (Å²) in [5.74, 6) is 2.12. The molecule has 0 spiro atoms. The Labute approximate surface area is 158 Å². The van der Waals surface area contributed by atoms with Crippen LogP contribution in [0.25, 0.3) is 0 Å². The van der Waals surface area contributed by atoms with Crippen molar-refractivity contribution in [2.24, 2.45) is 5.92 Å². The predicted octanol–water partition coefficient (Wildman–Crippen LogP) is 2.23. The van der Waals surface area contributed by atoms with Crippen molar-refractivity contribution in [1.82, 2.24) is 19.8 Å². The van der Waals surface area contributed by atoms with Crippen LogP contribution in [-0.4, -0.2) is 77.7 Å². The zero-order valence-electron chi connectivity index (χ0n) is 14.9. The molecular formula is C17H26ClN5OS. The lowest BCUT2D eigenvalue weighted by molar-refractivity contribution is -0.129. The molecule has 0 aliphatic carbocycles. The fourth-order valence-electron chi connectivity index (χ4n) is 3.12. The second-order valence-corrected chi connectivity index (χ2v) is 8.30. The molecule has 6 nitrogen and oxygen atoms in total. The summed E-state index contributed by atoms with van der Waals surface area (Å²) in [6.45, 7) is 7.85. The highest BCUT2D eigenvalue weighted by Crippen LogP contribution is 2.24. The molecule has 0 radical (unpaired) electrons. The molecule has 0 unspecified atom stereocenters. The van der Waals surface area contributed by atoms with Crippen LogP contribution < -0.4 is 4.90 Å². The smallest absolute Gasteiger partial charge is 0.233 e. The molecule has 1 aromatic rings. The molecule has 138 valence electrons. The van der Waals surface area contributed by atoms with Gasteiger partial charge in [0.25, 0.3) is 0 Å². The molecule has 2 fully saturated rings. The first-order valence-electron chi connectivity index (χ1n) is 8.90. The van der Waals surface area contributed by atoms with Crippen molar-refractivity contribution in [3.63, 3.8) is 0 Å². The van der Waals surface area contributed by atoms with E-state index in [0.717, 1.165) is 63.8 Å². The van der Waals surface area contributed by atoms with Crippen LogP contribution in [0.5, 0.6) is 0 Å². The Morgan fingerprint density at radius 2 is 1.88 bits per heavy atom. The fraction of sp³-hybridized carbons (Fsp3) is 0.706. The van der Waals surface area contributed by atoms with Gasteiger partial charge in [0.05, 0.1) is 5.75 Å². The topological polar surface area (TPSA) is 52.6 Å². The van der Waals surface area contributed by atoms with Crippen LogP contribution in [0.2, 0.25) is 5.15 Å². The molecule has 8 heteroatoms. The number of likely N-dealkylation sites (tertiary alicyclic amines) is 1. The number of rotatable bonds is 4. The highest BCUT2D eigenvalue weighted by molar-refractivity contribution is 7.99. The minimum atomic E-state index is 0.168. The first-order chi connectivity index (χ1) is 12.0. The van der Waals surface area contributed by atoms with Crippen LogP contribution in [0.4, 0.5) is 5.82 Å². The molecule has 1 aromatic heterocycles. The zero-order chi connectivity index (χ0) is 17.8. The highest BCUT2D eigenvalue weighted by atomic mass is 35.5. The normalized spacial score (nSPS) is 20.1. The Kier molecular flexibility index (Phi) is 6.41. The summed E-state index contributed by atoms with van der Waals surface area (Å²) in [7, 11) is 2.12. The van der Waals surface area contributed by atoms with Crippen molar-refractivity contribution in [2.75, 3.05) is 57.0 Å². The number of hydrogen-bond donors (Lipinski definition) is 0. The minimum Gasteiger partial charge on any atom is -0.354 e.